The fourth-order valence-electron chi connectivity index (χ4n) is 1.94. The van der Waals surface area contributed by atoms with E-state index in [1.54, 1.807) is 0 Å². The van der Waals surface area contributed by atoms with Crippen LogP contribution in [0.2, 0.25) is 0 Å². The summed E-state index contributed by atoms with van der Waals surface area (Å²) in [6.07, 6.45) is 0. The minimum absolute atomic E-state index is 0.361. The molecule has 4 heteroatoms. The van der Waals surface area contributed by atoms with E-state index >= 15 is 0 Å². The zero-order valence-electron chi connectivity index (χ0n) is 11.7. The third-order valence-corrected chi connectivity index (χ3v) is 3.11. The lowest BCUT2D eigenvalue weighted by Gasteiger charge is -2.04. The molecule has 0 aromatic heterocycles. The topological polar surface area (TPSA) is 76.8 Å². The van der Waals surface area contributed by atoms with E-state index in [1.165, 1.54) is 0 Å². The zero-order valence-corrected chi connectivity index (χ0v) is 11.7. The number of benzene rings is 2. The number of rotatable bonds is 3. The van der Waals surface area contributed by atoms with Gasteiger partial charge in [-0.15, -0.1) is 10.2 Å². The predicted octanol–water partition coefficient (Wildman–Crippen LogP) is 2.33. The maximum absolute atomic E-state index is 5.95. The Hall–Kier alpha value is -2.62. The van der Waals surface area contributed by atoms with Gasteiger partial charge in [-0.1, -0.05) is 48.5 Å². The highest BCUT2D eigenvalue weighted by atomic mass is 15.3. The van der Waals surface area contributed by atoms with Gasteiger partial charge in [0.15, 0.2) is 11.7 Å². The van der Waals surface area contributed by atoms with Crippen LogP contribution in [-0.2, 0) is 0 Å². The van der Waals surface area contributed by atoms with Crippen LogP contribution in [0.1, 0.15) is 22.3 Å². The Bertz CT molecular complexity index is 612. The van der Waals surface area contributed by atoms with Gasteiger partial charge in [0, 0.05) is 11.1 Å². The molecule has 0 saturated heterocycles. The minimum Gasteiger partial charge on any atom is -0.382 e. The standard InChI is InChI=1S/C16H18N4/c1-11-7-3-5-9-13(11)15(17)19-20-16(18)14-10-6-4-8-12(14)2/h3-10H,1-2H3,(H2,17,19)(H2,18,20). The summed E-state index contributed by atoms with van der Waals surface area (Å²) in [4.78, 5) is 0. The monoisotopic (exact) mass is 266 g/mol. The minimum atomic E-state index is 0.361. The number of amidine groups is 2. The number of nitrogens with two attached hydrogens (primary N) is 2. The van der Waals surface area contributed by atoms with E-state index in [4.69, 9.17) is 11.5 Å². The Labute approximate surface area is 118 Å². The summed E-state index contributed by atoms with van der Waals surface area (Å²) < 4.78 is 0. The maximum atomic E-state index is 5.95. The lowest BCUT2D eigenvalue weighted by Crippen LogP contribution is -2.17. The summed E-state index contributed by atoms with van der Waals surface area (Å²) in [7, 11) is 0. The number of aryl methyl sites for hydroxylation is 2. The number of nitrogens with zero attached hydrogens (tertiary/aromatic N) is 2. The maximum Gasteiger partial charge on any atom is 0.153 e. The van der Waals surface area contributed by atoms with Gasteiger partial charge in [0.2, 0.25) is 0 Å². The molecule has 2 rings (SSSR count). The van der Waals surface area contributed by atoms with Crippen LogP contribution in [0.5, 0.6) is 0 Å². The van der Waals surface area contributed by atoms with Gasteiger partial charge in [-0.05, 0) is 25.0 Å². The van der Waals surface area contributed by atoms with Gasteiger partial charge in [-0.2, -0.15) is 0 Å². The Morgan fingerprint density at radius 1 is 0.700 bits per heavy atom. The molecular weight excluding hydrogens is 248 g/mol. The molecule has 0 bridgehead atoms. The van der Waals surface area contributed by atoms with Crippen molar-refractivity contribution in [3.63, 3.8) is 0 Å². The molecule has 2 aromatic rings. The van der Waals surface area contributed by atoms with Crippen molar-refractivity contribution in [2.75, 3.05) is 0 Å². The van der Waals surface area contributed by atoms with Gasteiger partial charge in [0.25, 0.3) is 0 Å². The van der Waals surface area contributed by atoms with Crippen molar-refractivity contribution in [1.29, 1.82) is 0 Å². The largest absolute Gasteiger partial charge is 0.382 e. The van der Waals surface area contributed by atoms with Crippen molar-refractivity contribution in [3.05, 3.63) is 70.8 Å². The first kappa shape index (κ1) is 13.8. The number of hydrogen-bond donors (Lipinski definition) is 2. The molecule has 0 aliphatic heterocycles. The molecule has 4 N–H and O–H groups in total. The lowest BCUT2D eigenvalue weighted by molar-refractivity contribution is 1.19. The summed E-state index contributed by atoms with van der Waals surface area (Å²) >= 11 is 0. The van der Waals surface area contributed by atoms with Crippen LogP contribution in [0, 0.1) is 13.8 Å². The van der Waals surface area contributed by atoms with Gasteiger partial charge in [-0.25, -0.2) is 0 Å². The molecule has 0 spiro atoms. The lowest BCUT2D eigenvalue weighted by atomic mass is 10.1. The smallest absolute Gasteiger partial charge is 0.153 e. The highest BCUT2D eigenvalue weighted by Crippen LogP contribution is 2.08. The van der Waals surface area contributed by atoms with Crippen molar-refractivity contribution in [2.45, 2.75) is 13.8 Å². The molecule has 0 aliphatic rings. The van der Waals surface area contributed by atoms with E-state index in [9.17, 15) is 0 Å². The molecule has 0 heterocycles. The van der Waals surface area contributed by atoms with Gasteiger partial charge in [0.05, 0.1) is 0 Å². The third kappa shape index (κ3) is 3.03. The molecule has 0 amide bonds. The molecular formula is C16H18N4. The molecule has 0 saturated carbocycles. The predicted molar refractivity (Wildman–Crippen MR) is 83.8 cm³/mol. The Morgan fingerprint density at radius 3 is 1.40 bits per heavy atom. The van der Waals surface area contributed by atoms with Crippen LogP contribution in [0.4, 0.5) is 0 Å². The van der Waals surface area contributed by atoms with E-state index in [0.717, 1.165) is 22.3 Å². The Balaban J connectivity index is 2.30. The van der Waals surface area contributed by atoms with Crippen LogP contribution in [-0.4, -0.2) is 11.7 Å². The summed E-state index contributed by atoms with van der Waals surface area (Å²) in [5.41, 5.74) is 15.7. The van der Waals surface area contributed by atoms with Crippen LogP contribution in [0.15, 0.2) is 58.7 Å². The molecule has 0 aliphatic carbocycles. The molecule has 2 aromatic carbocycles. The van der Waals surface area contributed by atoms with Gasteiger partial charge in [0.1, 0.15) is 0 Å². The van der Waals surface area contributed by atoms with Gasteiger partial charge >= 0.3 is 0 Å². The summed E-state index contributed by atoms with van der Waals surface area (Å²) in [5.74, 6) is 0.722. The fraction of sp³-hybridized carbons (Fsp3) is 0.125. The highest BCUT2D eigenvalue weighted by Gasteiger charge is 2.03. The molecule has 0 atom stereocenters. The molecule has 20 heavy (non-hydrogen) atoms. The van der Waals surface area contributed by atoms with Crippen molar-refractivity contribution in [3.8, 4) is 0 Å². The average Bonchev–Trinajstić information content (AvgIpc) is 2.45. The van der Waals surface area contributed by atoms with Crippen molar-refractivity contribution < 1.29 is 0 Å². The second kappa shape index (κ2) is 6.02. The summed E-state index contributed by atoms with van der Waals surface area (Å²) in [6.45, 7) is 3.96. The third-order valence-electron chi connectivity index (χ3n) is 3.11. The molecule has 102 valence electrons. The molecule has 0 unspecified atom stereocenters. The van der Waals surface area contributed by atoms with Crippen LogP contribution in [0.25, 0.3) is 0 Å². The van der Waals surface area contributed by atoms with Gasteiger partial charge in [-0.3, -0.25) is 0 Å². The highest BCUT2D eigenvalue weighted by molar-refractivity contribution is 6.01. The Morgan fingerprint density at radius 2 is 1.05 bits per heavy atom. The number of hydrogen-bond acceptors (Lipinski definition) is 2. The van der Waals surface area contributed by atoms with E-state index in [2.05, 4.69) is 10.2 Å². The van der Waals surface area contributed by atoms with Crippen molar-refractivity contribution in [2.24, 2.45) is 21.7 Å². The SMILES string of the molecule is Cc1ccccc1/C(N)=N/N=C(\N)c1ccccc1C. The van der Waals surface area contributed by atoms with E-state index < -0.39 is 0 Å². The van der Waals surface area contributed by atoms with E-state index in [0.29, 0.717) is 11.7 Å². The zero-order chi connectivity index (χ0) is 14.5. The van der Waals surface area contributed by atoms with E-state index in [1.807, 2.05) is 62.4 Å². The summed E-state index contributed by atoms with van der Waals surface area (Å²) in [6, 6.07) is 15.5. The van der Waals surface area contributed by atoms with Crippen molar-refractivity contribution >= 4 is 11.7 Å². The average molecular weight is 266 g/mol. The molecule has 0 fully saturated rings. The second-order valence-corrected chi connectivity index (χ2v) is 4.60. The van der Waals surface area contributed by atoms with Crippen LogP contribution >= 0.6 is 0 Å². The quantitative estimate of drug-likeness (QED) is 0.508. The normalized spacial score (nSPS) is 12.5. The fourth-order valence-corrected chi connectivity index (χ4v) is 1.94. The first-order chi connectivity index (χ1) is 9.59. The molecule has 4 nitrogen and oxygen atoms in total. The summed E-state index contributed by atoms with van der Waals surface area (Å²) in [5, 5.41) is 8.06. The van der Waals surface area contributed by atoms with Crippen LogP contribution in [0.3, 0.4) is 0 Å². The second-order valence-electron chi connectivity index (χ2n) is 4.60. The Kier molecular flexibility index (Phi) is 4.15. The first-order valence-electron chi connectivity index (χ1n) is 6.38. The van der Waals surface area contributed by atoms with Crippen molar-refractivity contribution in [1.82, 2.24) is 0 Å². The van der Waals surface area contributed by atoms with Gasteiger partial charge < -0.3 is 11.5 Å². The van der Waals surface area contributed by atoms with E-state index in [-0.39, 0.29) is 0 Å². The molecule has 0 radical (unpaired) electrons. The first-order valence-corrected chi connectivity index (χ1v) is 6.38. The van der Waals surface area contributed by atoms with Crippen LogP contribution < -0.4 is 11.5 Å².